The Kier molecular flexibility index (Phi) is 8.58. The number of halogens is 1. The molecule has 0 bridgehead atoms. The summed E-state index contributed by atoms with van der Waals surface area (Å²) in [4.78, 5) is 0. The van der Waals surface area contributed by atoms with Crippen molar-refractivity contribution in [2.24, 2.45) is 0 Å². The second kappa shape index (κ2) is 11.9. The quantitative estimate of drug-likeness (QED) is 0.165. The molecule has 6 rings (SSSR count). The van der Waals surface area contributed by atoms with Crippen molar-refractivity contribution >= 4 is 40.6 Å². The molecule has 2 nitrogen and oxygen atoms in total. The van der Waals surface area contributed by atoms with E-state index in [9.17, 15) is 0 Å². The summed E-state index contributed by atoms with van der Waals surface area (Å²) in [6, 6.07) is 32.3. The van der Waals surface area contributed by atoms with Crippen molar-refractivity contribution in [1.82, 2.24) is 8.68 Å². The summed E-state index contributed by atoms with van der Waals surface area (Å²) in [6.45, 7) is 27.5. The molecule has 0 atom stereocenters. The van der Waals surface area contributed by atoms with Gasteiger partial charge in [-0.25, -0.2) is 0 Å². The first-order chi connectivity index (χ1) is 22.2. The summed E-state index contributed by atoms with van der Waals surface area (Å²) in [6.07, 6.45) is 4.29. The smallest absolute Gasteiger partial charge is 0.206 e. The number of aromatic nitrogens is 2. The molecule has 250 valence electrons. The van der Waals surface area contributed by atoms with Gasteiger partial charge in [0.1, 0.15) is 0 Å². The highest BCUT2D eigenvalue weighted by molar-refractivity contribution is 7.81. The van der Waals surface area contributed by atoms with Crippen molar-refractivity contribution in [1.29, 1.82) is 0 Å². The Hall–Kier alpha value is -3.32. The van der Waals surface area contributed by atoms with E-state index in [1.165, 1.54) is 55.3 Å². The zero-order valence-corrected chi connectivity index (χ0v) is 32.6. The molecule has 0 saturated carbocycles. The molecule has 0 aliphatic heterocycles. The van der Waals surface area contributed by atoms with Crippen LogP contribution >= 0.6 is 18.8 Å². The van der Waals surface area contributed by atoms with Crippen LogP contribution in [-0.2, 0) is 21.7 Å². The lowest BCUT2D eigenvalue weighted by atomic mass is 9.79. The number of benzene rings is 4. The average molecular weight is 675 g/mol. The minimum absolute atomic E-state index is 0.0734. The predicted molar refractivity (Wildman–Crippen MR) is 213 cm³/mol. The van der Waals surface area contributed by atoms with Crippen LogP contribution in [0, 0.1) is 0 Å². The van der Waals surface area contributed by atoms with Crippen LogP contribution in [0.4, 0.5) is 0 Å². The summed E-state index contributed by atoms with van der Waals surface area (Å²) >= 11 is 7.36. The van der Waals surface area contributed by atoms with Crippen LogP contribution in [0.15, 0.2) is 97.3 Å². The molecule has 0 aliphatic rings. The molecule has 4 heteroatoms. The molecule has 0 fully saturated rings. The first-order valence-corrected chi connectivity index (χ1v) is 19.4. The zero-order valence-electron chi connectivity index (χ0n) is 31.0. The van der Waals surface area contributed by atoms with Crippen molar-refractivity contribution in [3.05, 3.63) is 120 Å². The van der Waals surface area contributed by atoms with Gasteiger partial charge in [0.2, 0.25) is 7.58 Å². The van der Waals surface area contributed by atoms with E-state index in [-0.39, 0.29) is 21.7 Å². The summed E-state index contributed by atoms with van der Waals surface area (Å²) in [5, 5.41) is 2.40. The third kappa shape index (κ3) is 6.77. The molecule has 2 heterocycles. The van der Waals surface area contributed by atoms with Gasteiger partial charge in [0.25, 0.3) is 0 Å². The summed E-state index contributed by atoms with van der Waals surface area (Å²) < 4.78 is 4.47. The average Bonchev–Trinajstić information content (AvgIpc) is 3.62. The van der Waals surface area contributed by atoms with Crippen LogP contribution in [0.5, 0.6) is 0 Å². The third-order valence-electron chi connectivity index (χ3n) is 9.69. The molecule has 2 aromatic heterocycles. The normalized spacial score (nSPS) is 13.3. The van der Waals surface area contributed by atoms with Crippen molar-refractivity contribution in [2.75, 3.05) is 0 Å². The van der Waals surface area contributed by atoms with Crippen molar-refractivity contribution in [3.63, 3.8) is 0 Å². The number of hydrogen-bond donors (Lipinski definition) is 0. The number of fused-ring (bicyclic) bond motifs is 2. The standard InChI is InChI=1S/C44H52ClN2P/c1-41(2,3)35-23-33(24-36(27-35)42(4,5)6)29-13-15-39-31(21-29)17-19-46(39)48(45)47-20-18-32-22-30(14-16-40(32)47)34-25-37(43(7,8)9)28-38(26-34)44(10,11)12/h13-28H,1-12H3. The fourth-order valence-electron chi connectivity index (χ4n) is 6.33. The highest BCUT2D eigenvalue weighted by Gasteiger charge is 2.23. The SMILES string of the molecule is CC(C)(C)c1cc(-c2ccc3c(ccn3P(Cl)n3ccc4cc(-c5cc(C(C)(C)C)cc(C(C)(C)C)c5)ccc43)c2)cc(C(C)(C)C)c1. The lowest BCUT2D eigenvalue weighted by Gasteiger charge is -2.26. The van der Waals surface area contributed by atoms with Crippen molar-refractivity contribution in [3.8, 4) is 22.3 Å². The van der Waals surface area contributed by atoms with E-state index in [1.54, 1.807) is 0 Å². The molecule has 0 radical (unpaired) electrons. The van der Waals surface area contributed by atoms with Crippen molar-refractivity contribution in [2.45, 2.75) is 105 Å². The summed E-state index contributed by atoms with van der Waals surface area (Å²) in [7, 11) is -1.20. The maximum absolute atomic E-state index is 7.36. The Morgan fingerprint density at radius 2 is 0.708 bits per heavy atom. The van der Waals surface area contributed by atoms with Crippen LogP contribution in [0.1, 0.15) is 105 Å². The number of nitrogens with zero attached hydrogens (tertiary/aromatic N) is 2. The summed E-state index contributed by atoms with van der Waals surface area (Å²) in [5.74, 6) is 0. The van der Waals surface area contributed by atoms with E-state index in [0.717, 1.165) is 11.0 Å². The maximum Gasteiger partial charge on any atom is 0.206 e. The van der Waals surface area contributed by atoms with Gasteiger partial charge in [-0.15, -0.1) is 0 Å². The zero-order chi connectivity index (χ0) is 35.0. The Labute approximate surface area is 294 Å². The molecular formula is C44H52ClN2P. The van der Waals surface area contributed by atoms with E-state index in [1.807, 2.05) is 0 Å². The molecule has 0 spiro atoms. The first-order valence-electron chi connectivity index (χ1n) is 17.2. The van der Waals surface area contributed by atoms with Gasteiger partial charge in [-0.2, -0.15) is 0 Å². The lowest BCUT2D eigenvalue weighted by molar-refractivity contribution is 0.568. The van der Waals surface area contributed by atoms with Crippen LogP contribution in [-0.4, -0.2) is 8.68 Å². The predicted octanol–water partition coefficient (Wildman–Crippen LogP) is 14.0. The van der Waals surface area contributed by atoms with E-state index < -0.39 is 7.58 Å². The molecule has 0 N–H and O–H groups in total. The Morgan fingerprint density at radius 1 is 0.396 bits per heavy atom. The van der Waals surface area contributed by atoms with Crippen LogP contribution in [0.3, 0.4) is 0 Å². The molecule has 0 unspecified atom stereocenters. The Balaban J connectivity index is 1.35. The number of rotatable bonds is 4. The van der Waals surface area contributed by atoms with Crippen LogP contribution in [0.2, 0.25) is 0 Å². The van der Waals surface area contributed by atoms with E-state index in [2.05, 4.69) is 189 Å². The molecule has 4 aromatic carbocycles. The molecule has 6 aromatic rings. The molecule has 48 heavy (non-hydrogen) atoms. The van der Waals surface area contributed by atoms with E-state index in [0.29, 0.717) is 0 Å². The highest BCUT2D eigenvalue weighted by Crippen LogP contribution is 2.50. The molecule has 0 aliphatic carbocycles. The largest absolute Gasteiger partial charge is 0.296 e. The van der Waals surface area contributed by atoms with Gasteiger partial charge in [-0.1, -0.05) is 132 Å². The molecule has 0 amide bonds. The van der Waals surface area contributed by atoms with E-state index in [4.69, 9.17) is 11.2 Å². The van der Waals surface area contributed by atoms with Gasteiger partial charge in [-0.05, 0) is 114 Å². The van der Waals surface area contributed by atoms with Gasteiger partial charge >= 0.3 is 0 Å². The second-order valence-electron chi connectivity index (χ2n) is 17.7. The second-order valence-corrected chi connectivity index (χ2v) is 20.0. The van der Waals surface area contributed by atoms with Gasteiger partial charge in [0, 0.05) is 23.2 Å². The van der Waals surface area contributed by atoms with Crippen molar-refractivity contribution < 1.29 is 0 Å². The highest BCUT2D eigenvalue weighted by atomic mass is 35.7. The minimum Gasteiger partial charge on any atom is -0.296 e. The molecule has 0 saturated heterocycles. The van der Waals surface area contributed by atoms with Gasteiger partial charge in [0.05, 0.1) is 11.0 Å². The lowest BCUT2D eigenvalue weighted by Crippen LogP contribution is -2.16. The van der Waals surface area contributed by atoms with Gasteiger partial charge in [-0.3, -0.25) is 8.68 Å². The van der Waals surface area contributed by atoms with E-state index >= 15 is 0 Å². The fraction of sp³-hybridized carbons (Fsp3) is 0.364. The van der Waals surface area contributed by atoms with Gasteiger partial charge in [0.15, 0.2) is 0 Å². The monoisotopic (exact) mass is 674 g/mol. The Morgan fingerprint density at radius 3 is 1.00 bits per heavy atom. The Bertz CT molecular complexity index is 1920. The maximum atomic E-state index is 7.36. The van der Waals surface area contributed by atoms with Crippen LogP contribution < -0.4 is 0 Å². The topological polar surface area (TPSA) is 9.86 Å². The first kappa shape index (κ1) is 34.5. The third-order valence-corrected chi connectivity index (χ3v) is 12.1. The summed E-state index contributed by atoms with van der Waals surface area (Å²) in [5.41, 5.74) is 13.1. The fourth-order valence-corrected chi connectivity index (χ4v) is 8.40. The minimum atomic E-state index is -1.20. The molecular weight excluding hydrogens is 623 g/mol. The van der Waals surface area contributed by atoms with Crippen LogP contribution in [0.25, 0.3) is 44.1 Å². The van der Waals surface area contributed by atoms with Gasteiger partial charge < -0.3 is 0 Å². The number of hydrogen-bond acceptors (Lipinski definition) is 0.